The van der Waals surface area contributed by atoms with Crippen LogP contribution in [0.15, 0.2) is 29.2 Å². The molecule has 0 heterocycles. The zero-order valence-corrected chi connectivity index (χ0v) is 12.9. The minimum atomic E-state index is 0.128. The molecule has 0 saturated heterocycles. The molecule has 20 heavy (non-hydrogen) atoms. The topological polar surface area (TPSA) is 55.1 Å². The van der Waals surface area contributed by atoms with Gasteiger partial charge < -0.3 is 11.1 Å². The molecule has 110 valence electrons. The minimum Gasteiger partial charge on any atom is -0.355 e. The maximum absolute atomic E-state index is 12.0. The molecule has 1 fully saturated rings. The number of aryl methyl sites for hydroxylation is 1. The van der Waals surface area contributed by atoms with E-state index in [0.29, 0.717) is 0 Å². The molecule has 1 aliphatic carbocycles. The Morgan fingerprint density at radius 1 is 1.35 bits per heavy atom. The van der Waals surface area contributed by atoms with E-state index in [1.54, 1.807) is 11.8 Å². The third kappa shape index (κ3) is 4.84. The fraction of sp³-hybridized carbons (Fsp3) is 0.562. The highest BCUT2D eigenvalue weighted by Gasteiger charge is 2.24. The summed E-state index contributed by atoms with van der Waals surface area (Å²) in [6, 6.07) is 8.69. The van der Waals surface area contributed by atoms with Crippen LogP contribution in [-0.4, -0.2) is 24.2 Å². The van der Waals surface area contributed by atoms with Crippen LogP contribution in [-0.2, 0) is 4.79 Å². The Kier molecular flexibility index (Phi) is 5.92. The van der Waals surface area contributed by atoms with Crippen molar-refractivity contribution in [3.8, 4) is 0 Å². The first-order valence-electron chi connectivity index (χ1n) is 7.38. The molecule has 0 spiro atoms. The maximum Gasteiger partial charge on any atom is 0.223 e. The number of thioether (sulfide) groups is 1. The summed E-state index contributed by atoms with van der Waals surface area (Å²) in [5.41, 5.74) is 7.20. The lowest BCUT2D eigenvalue weighted by molar-refractivity contribution is -0.125. The number of hydrogen-bond donors (Lipinski definition) is 2. The van der Waals surface area contributed by atoms with Crippen LogP contribution in [0.25, 0.3) is 0 Å². The van der Waals surface area contributed by atoms with Crippen molar-refractivity contribution >= 4 is 17.7 Å². The van der Waals surface area contributed by atoms with Gasteiger partial charge in [-0.2, -0.15) is 0 Å². The standard InChI is InChI=1S/C16H24N2OS/c1-12-5-7-15(8-6-12)20-10-9-18-16(19)13-3-2-4-14(17)11-13/h5-8,13-14H,2-4,9-11,17H2,1H3,(H,18,19). The first-order chi connectivity index (χ1) is 9.65. The van der Waals surface area contributed by atoms with Gasteiger partial charge in [-0.25, -0.2) is 0 Å². The van der Waals surface area contributed by atoms with E-state index in [1.807, 2.05) is 0 Å². The number of hydrogen-bond acceptors (Lipinski definition) is 3. The smallest absolute Gasteiger partial charge is 0.223 e. The number of rotatable bonds is 5. The van der Waals surface area contributed by atoms with Crippen LogP contribution in [0.1, 0.15) is 31.2 Å². The molecule has 0 aromatic heterocycles. The van der Waals surface area contributed by atoms with Gasteiger partial charge in [-0.3, -0.25) is 4.79 Å². The molecule has 1 amide bonds. The molecule has 1 aromatic rings. The summed E-state index contributed by atoms with van der Waals surface area (Å²) >= 11 is 1.78. The molecule has 4 heteroatoms. The zero-order valence-electron chi connectivity index (χ0n) is 12.1. The highest BCUT2D eigenvalue weighted by molar-refractivity contribution is 7.99. The van der Waals surface area contributed by atoms with Crippen LogP contribution in [0.4, 0.5) is 0 Å². The van der Waals surface area contributed by atoms with Crippen molar-refractivity contribution < 1.29 is 4.79 Å². The molecule has 1 aromatic carbocycles. The number of nitrogens with one attached hydrogen (secondary N) is 1. The van der Waals surface area contributed by atoms with Crippen LogP contribution in [0.5, 0.6) is 0 Å². The highest BCUT2D eigenvalue weighted by atomic mass is 32.2. The SMILES string of the molecule is Cc1ccc(SCCNC(=O)C2CCCC(N)C2)cc1. The van der Waals surface area contributed by atoms with Crippen molar-refractivity contribution in [2.75, 3.05) is 12.3 Å². The summed E-state index contributed by atoms with van der Waals surface area (Å²) in [7, 11) is 0. The Morgan fingerprint density at radius 2 is 2.10 bits per heavy atom. The Morgan fingerprint density at radius 3 is 2.80 bits per heavy atom. The van der Waals surface area contributed by atoms with E-state index < -0.39 is 0 Å². The third-order valence-corrected chi connectivity index (χ3v) is 4.79. The van der Waals surface area contributed by atoms with Crippen molar-refractivity contribution in [2.24, 2.45) is 11.7 Å². The summed E-state index contributed by atoms with van der Waals surface area (Å²) in [6.07, 6.45) is 3.98. The number of nitrogens with two attached hydrogens (primary N) is 1. The average molecular weight is 292 g/mol. The molecule has 2 rings (SSSR count). The van der Waals surface area contributed by atoms with Crippen molar-refractivity contribution in [1.29, 1.82) is 0 Å². The molecular formula is C16H24N2OS. The van der Waals surface area contributed by atoms with Crippen molar-refractivity contribution in [2.45, 2.75) is 43.5 Å². The van der Waals surface area contributed by atoms with E-state index >= 15 is 0 Å². The predicted octanol–water partition coefficient (Wildman–Crippen LogP) is 2.72. The van der Waals surface area contributed by atoms with E-state index in [0.717, 1.165) is 38.0 Å². The minimum absolute atomic E-state index is 0.128. The van der Waals surface area contributed by atoms with Crippen LogP contribution in [0.2, 0.25) is 0 Å². The second-order valence-electron chi connectivity index (χ2n) is 5.58. The molecular weight excluding hydrogens is 268 g/mol. The van der Waals surface area contributed by atoms with E-state index in [-0.39, 0.29) is 17.9 Å². The van der Waals surface area contributed by atoms with Gasteiger partial charge in [-0.1, -0.05) is 24.1 Å². The summed E-state index contributed by atoms with van der Waals surface area (Å²) in [6.45, 7) is 2.81. The van der Waals surface area contributed by atoms with E-state index in [9.17, 15) is 4.79 Å². The van der Waals surface area contributed by atoms with Gasteiger partial charge in [0.15, 0.2) is 0 Å². The van der Waals surface area contributed by atoms with Crippen LogP contribution in [0, 0.1) is 12.8 Å². The quantitative estimate of drug-likeness (QED) is 0.648. The van der Waals surface area contributed by atoms with Crippen molar-refractivity contribution in [3.05, 3.63) is 29.8 Å². The highest BCUT2D eigenvalue weighted by Crippen LogP contribution is 2.23. The van der Waals surface area contributed by atoms with Gasteiger partial charge in [0.1, 0.15) is 0 Å². The van der Waals surface area contributed by atoms with E-state index in [2.05, 4.69) is 36.5 Å². The number of carbonyl (C=O) groups is 1. The molecule has 2 unspecified atom stereocenters. The van der Waals surface area contributed by atoms with Crippen LogP contribution >= 0.6 is 11.8 Å². The first kappa shape index (κ1) is 15.4. The zero-order chi connectivity index (χ0) is 14.4. The second kappa shape index (κ2) is 7.70. The normalized spacial score (nSPS) is 22.5. The molecule has 3 nitrogen and oxygen atoms in total. The lowest BCUT2D eigenvalue weighted by atomic mass is 9.85. The van der Waals surface area contributed by atoms with Crippen molar-refractivity contribution in [1.82, 2.24) is 5.32 Å². The number of amides is 1. The second-order valence-corrected chi connectivity index (χ2v) is 6.74. The van der Waals surface area contributed by atoms with Gasteiger partial charge in [0.2, 0.25) is 5.91 Å². The van der Waals surface area contributed by atoms with Gasteiger partial charge in [0.05, 0.1) is 0 Å². The van der Waals surface area contributed by atoms with Gasteiger partial charge in [0, 0.05) is 29.2 Å². The van der Waals surface area contributed by atoms with Gasteiger partial charge >= 0.3 is 0 Å². The van der Waals surface area contributed by atoms with Crippen molar-refractivity contribution in [3.63, 3.8) is 0 Å². The van der Waals surface area contributed by atoms with E-state index in [4.69, 9.17) is 5.73 Å². The number of benzene rings is 1. The molecule has 1 aliphatic rings. The van der Waals surface area contributed by atoms with Gasteiger partial charge in [-0.05, 0) is 38.3 Å². The summed E-state index contributed by atoms with van der Waals surface area (Å²) in [4.78, 5) is 13.3. The molecule has 3 N–H and O–H groups in total. The molecule has 1 saturated carbocycles. The van der Waals surface area contributed by atoms with Gasteiger partial charge in [0.25, 0.3) is 0 Å². The fourth-order valence-electron chi connectivity index (χ4n) is 2.59. The molecule has 2 atom stereocenters. The summed E-state index contributed by atoms with van der Waals surface area (Å²) in [5.74, 6) is 1.22. The Labute approximate surface area is 125 Å². The third-order valence-electron chi connectivity index (χ3n) is 3.78. The van der Waals surface area contributed by atoms with Gasteiger partial charge in [-0.15, -0.1) is 11.8 Å². The van der Waals surface area contributed by atoms with Crippen LogP contribution in [0.3, 0.4) is 0 Å². The number of carbonyl (C=O) groups excluding carboxylic acids is 1. The largest absolute Gasteiger partial charge is 0.355 e. The Balaban J connectivity index is 1.65. The first-order valence-corrected chi connectivity index (χ1v) is 8.36. The Hall–Kier alpha value is -1.00. The summed E-state index contributed by atoms with van der Waals surface area (Å²) in [5, 5.41) is 3.04. The summed E-state index contributed by atoms with van der Waals surface area (Å²) < 4.78 is 0. The molecule has 0 bridgehead atoms. The predicted molar refractivity (Wildman–Crippen MR) is 84.8 cm³/mol. The fourth-order valence-corrected chi connectivity index (χ4v) is 3.36. The Bertz CT molecular complexity index is 433. The monoisotopic (exact) mass is 292 g/mol. The van der Waals surface area contributed by atoms with Crippen LogP contribution < -0.4 is 11.1 Å². The van der Waals surface area contributed by atoms with E-state index in [1.165, 1.54) is 10.5 Å². The lowest BCUT2D eigenvalue weighted by Gasteiger charge is -2.25. The average Bonchev–Trinajstić information content (AvgIpc) is 2.45. The molecule has 0 radical (unpaired) electrons. The lowest BCUT2D eigenvalue weighted by Crippen LogP contribution is -2.38. The molecule has 0 aliphatic heterocycles. The maximum atomic E-state index is 12.0.